The van der Waals surface area contributed by atoms with Crippen molar-refractivity contribution in [1.29, 1.82) is 0 Å². The summed E-state index contributed by atoms with van der Waals surface area (Å²) in [5, 5.41) is 11.7. The second kappa shape index (κ2) is 8.10. The highest BCUT2D eigenvalue weighted by atomic mass is 16.5. The quantitative estimate of drug-likeness (QED) is 0.816. The second-order valence-electron chi connectivity index (χ2n) is 5.39. The molecule has 0 aliphatic heterocycles. The minimum atomic E-state index is -1.17. The molecular formula is C18H20N2O4. The number of nitrogens with one attached hydrogen (secondary N) is 1. The number of carboxylic acids is 1. The van der Waals surface area contributed by atoms with Gasteiger partial charge in [0.25, 0.3) is 5.91 Å². The Morgan fingerprint density at radius 1 is 1.21 bits per heavy atom. The van der Waals surface area contributed by atoms with E-state index in [1.165, 1.54) is 18.2 Å². The van der Waals surface area contributed by atoms with Crippen molar-refractivity contribution in [2.75, 3.05) is 6.54 Å². The van der Waals surface area contributed by atoms with Crippen LogP contribution in [0.3, 0.4) is 0 Å². The number of aryl methyl sites for hydroxylation is 1. The number of ether oxygens (including phenoxy) is 1. The van der Waals surface area contributed by atoms with Crippen molar-refractivity contribution < 1.29 is 19.4 Å². The van der Waals surface area contributed by atoms with Gasteiger partial charge in [0.2, 0.25) is 0 Å². The van der Waals surface area contributed by atoms with Crippen molar-refractivity contribution in [3.63, 3.8) is 0 Å². The van der Waals surface area contributed by atoms with Crippen LogP contribution in [-0.2, 0) is 0 Å². The minimum absolute atomic E-state index is 0.0697. The van der Waals surface area contributed by atoms with E-state index in [4.69, 9.17) is 9.84 Å². The number of carboxylic acid groups (broad SMARTS) is 1. The molecule has 1 aromatic carbocycles. The van der Waals surface area contributed by atoms with Gasteiger partial charge in [0.05, 0.1) is 6.54 Å². The van der Waals surface area contributed by atoms with Gasteiger partial charge in [0.15, 0.2) is 0 Å². The second-order valence-corrected chi connectivity index (χ2v) is 5.39. The van der Waals surface area contributed by atoms with Gasteiger partial charge < -0.3 is 15.2 Å². The van der Waals surface area contributed by atoms with Crippen molar-refractivity contribution in [2.24, 2.45) is 0 Å². The average Bonchev–Trinajstić information content (AvgIpc) is 2.58. The van der Waals surface area contributed by atoms with E-state index in [0.717, 1.165) is 17.7 Å². The minimum Gasteiger partial charge on any atom is -0.489 e. The van der Waals surface area contributed by atoms with Gasteiger partial charge in [-0.25, -0.2) is 9.78 Å². The van der Waals surface area contributed by atoms with Gasteiger partial charge >= 0.3 is 5.97 Å². The number of hydrogen-bond acceptors (Lipinski definition) is 4. The zero-order chi connectivity index (χ0) is 17.5. The Hall–Kier alpha value is -2.89. The van der Waals surface area contributed by atoms with E-state index in [1.807, 2.05) is 38.1 Å². The molecule has 1 unspecified atom stereocenters. The van der Waals surface area contributed by atoms with Crippen molar-refractivity contribution in [2.45, 2.75) is 26.4 Å². The molecule has 0 radical (unpaired) electrons. The number of amides is 1. The van der Waals surface area contributed by atoms with Crippen LogP contribution in [0.5, 0.6) is 5.75 Å². The molecule has 1 amide bonds. The molecule has 2 rings (SSSR count). The third-order valence-electron chi connectivity index (χ3n) is 3.44. The number of aromatic carboxylic acids is 1. The Labute approximate surface area is 140 Å². The first-order valence-corrected chi connectivity index (χ1v) is 7.71. The molecule has 24 heavy (non-hydrogen) atoms. The highest BCUT2D eigenvalue weighted by molar-refractivity contribution is 5.94. The number of hydrogen-bond donors (Lipinski definition) is 2. The Morgan fingerprint density at radius 3 is 2.58 bits per heavy atom. The first kappa shape index (κ1) is 17.5. The van der Waals surface area contributed by atoms with E-state index < -0.39 is 11.9 Å². The summed E-state index contributed by atoms with van der Waals surface area (Å²) in [6.45, 7) is 4.26. The fourth-order valence-corrected chi connectivity index (χ4v) is 2.13. The van der Waals surface area contributed by atoms with Crippen LogP contribution in [0.15, 0.2) is 42.5 Å². The monoisotopic (exact) mass is 328 g/mol. The lowest BCUT2D eigenvalue weighted by atomic mass is 10.2. The summed E-state index contributed by atoms with van der Waals surface area (Å²) in [4.78, 5) is 26.8. The molecule has 0 fully saturated rings. The fraction of sp³-hybridized carbons (Fsp3) is 0.278. The SMILES string of the molecule is CCC(CNC(=O)c1cccc(C(=O)O)n1)Oc1cccc(C)c1. The third kappa shape index (κ3) is 4.81. The fourth-order valence-electron chi connectivity index (χ4n) is 2.13. The van der Waals surface area contributed by atoms with Crippen LogP contribution in [0.2, 0.25) is 0 Å². The average molecular weight is 328 g/mol. The summed E-state index contributed by atoms with van der Waals surface area (Å²) in [5.74, 6) is -0.842. The maximum absolute atomic E-state index is 12.1. The predicted octanol–water partition coefficient (Wildman–Crippen LogP) is 2.68. The molecule has 0 bridgehead atoms. The molecule has 2 N–H and O–H groups in total. The van der Waals surface area contributed by atoms with E-state index in [2.05, 4.69) is 10.3 Å². The van der Waals surface area contributed by atoms with Gasteiger partial charge in [-0.1, -0.05) is 25.1 Å². The number of nitrogens with zero attached hydrogens (tertiary/aromatic N) is 1. The van der Waals surface area contributed by atoms with Crippen LogP contribution in [0, 0.1) is 6.92 Å². The summed E-state index contributed by atoms with van der Waals surface area (Å²) in [7, 11) is 0. The van der Waals surface area contributed by atoms with Crippen LogP contribution in [0.4, 0.5) is 0 Å². The van der Waals surface area contributed by atoms with Gasteiger partial charge in [-0.15, -0.1) is 0 Å². The molecule has 2 aromatic rings. The Bertz CT molecular complexity index is 730. The van der Waals surface area contributed by atoms with Crippen molar-refractivity contribution >= 4 is 11.9 Å². The maximum Gasteiger partial charge on any atom is 0.354 e. The van der Waals surface area contributed by atoms with Gasteiger partial charge in [0.1, 0.15) is 23.2 Å². The molecule has 6 heteroatoms. The summed E-state index contributed by atoms with van der Waals surface area (Å²) in [5.41, 5.74) is 1.01. The number of carbonyl (C=O) groups excluding carboxylic acids is 1. The van der Waals surface area contributed by atoms with Gasteiger partial charge in [-0.05, 0) is 43.2 Å². The highest BCUT2D eigenvalue weighted by Gasteiger charge is 2.14. The van der Waals surface area contributed by atoms with Crippen molar-refractivity contribution in [3.8, 4) is 5.75 Å². The van der Waals surface area contributed by atoms with Crippen LogP contribution in [0.1, 0.15) is 39.9 Å². The molecule has 0 saturated carbocycles. The molecule has 1 atom stereocenters. The van der Waals surface area contributed by atoms with Crippen molar-refractivity contribution in [3.05, 3.63) is 59.4 Å². The van der Waals surface area contributed by atoms with Crippen LogP contribution in [0.25, 0.3) is 0 Å². The van der Waals surface area contributed by atoms with Crippen LogP contribution < -0.4 is 10.1 Å². The largest absolute Gasteiger partial charge is 0.489 e. The van der Waals surface area contributed by atoms with E-state index in [1.54, 1.807) is 0 Å². The van der Waals surface area contributed by atoms with Gasteiger partial charge in [-0.3, -0.25) is 4.79 Å². The van der Waals surface area contributed by atoms with E-state index in [9.17, 15) is 9.59 Å². The molecule has 0 aliphatic carbocycles. The van der Waals surface area contributed by atoms with E-state index >= 15 is 0 Å². The third-order valence-corrected chi connectivity index (χ3v) is 3.44. The first-order chi connectivity index (χ1) is 11.5. The number of benzene rings is 1. The molecule has 0 spiro atoms. The van der Waals surface area contributed by atoms with Crippen LogP contribution >= 0.6 is 0 Å². The first-order valence-electron chi connectivity index (χ1n) is 7.71. The molecule has 0 saturated heterocycles. The molecule has 0 aliphatic rings. The summed E-state index contributed by atoms with van der Waals surface area (Å²) >= 11 is 0. The number of pyridine rings is 1. The molecule has 1 heterocycles. The Kier molecular flexibility index (Phi) is 5.89. The van der Waals surface area contributed by atoms with E-state index in [0.29, 0.717) is 6.54 Å². The van der Waals surface area contributed by atoms with Crippen molar-refractivity contribution in [1.82, 2.24) is 10.3 Å². The van der Waals surface area contributed by atoms with Crippen LogP contribution in [-0.4, -0.2) is 34.6 Å². The summed E-state index contributed by atoms with van der Waals surface area (Å²) in [6, 6.07) is 12.0. The van der Waals surface area contributed by atoms with E-state index in [-0.39, 0.29) is 17.5 Å². The predicted molar refractivity (Wildman–Crippen MR) is 89.4 cm³/mol. The Balaban J connectivity index is 1.96. The lowest BCUT2D eigenvalue weighted by Crippen LogP contribution is -2.35. The maximum atomic E-state index is 12.1. The normalized spacial score (nSPS) is 11.6. The van der Waals surface area contributed by atoms with Gasteiger partial charge in [-0.2, -0.15) is 0 Å². The smallest absolute Gasteiger partial charge is 0.354 e. The van der Waals surface area contributed by atoms with Gasteiger partial charge in [0, 0.05) is 0 Å². The topological polar surface area (TPSA) is 88.5 Å². The molecule has 6 nitrogen and oxygen atoms in total. The lowest BCUT2D eigenvalue weighted by molar-refractivity contribution is 0.0690. The highest BCUT2D eigenvalue weighted by Crippen LogP contribution is 2.15. The number of carbonyl (C=O) groups is 2. The summed E-state index contributed by atoms with van der Waals surface area (Å²) in [6.07, 6.45) is 0.537. The molecular weight excluding hydrogens is 308 g/mol. The number of aromatic nitrogens is 1. The lowest BCUT2D eigenvalue weighted by Gasteiger charge is -2.18. The molecule has 1 aromatic heterocycles. The Morgan fingerprint density at radius 2 is 1.92 bits per heavy atom. The molecule has 126 valence electrons. The standard InChI is InChI=1S/C18H20N2O4/c1-3-13(24-14-7-4-6-12(2)10-14)11-19-17(21)15-8-5-9-16(20-15)18(22)23/h4-10,13H,3,11H2,1-2H3,(H,19,21)(H,22,23). The zero-order valence-electron chi connectivity index (χ0n) is 13.7. The summed E-state index contributed by atoms with van der Waals surface area (Å²) < 4.78 is 5.86. The number of rotatable bonds is 7. The zero-order valence-corrected chi connectivity index (χ0v) is 13.7.